The predicted octanol–water partition coefficient (Wildman–Crippen LogP) is 1.45. The summed E-state index contributed by atoms with van der Waals surface area (Å²) >= 11 is -0.917. The van der Waals surface area contributed by atoms with E-state index in [-0.39, 0.29) is 24.8 Å². The second-order valence-electron chi connectivity index (χ2n) is 6.72. The smallest absolute Gasteiger partial charge is 1.00 e. The first kappa shape index (κ1) is 25.4. The Morgan fingerprint density at radius 2 is 0.840 bits per heavy atom. The van der Waals surface area contributed by atoms with E-state index >= 15 is 0 Å². The van der Waals surface area contributed by atoms with Crippen molar-refractivity contribution in [3.05, 3.63) is 40.1 Å². The van der Waals surface area contributed by atoms with Gasteiger partial charge in [-0.1, -0.05) is 0 Å². The summed E-state index contributed by atoms with van der Waals surface area (Å²) in [6.07, 6.45) is 10.2. The topological polar surface area (TPSA) is 0 Å². The van der Waals surface area contributed by atoms with Crippen LogP contribution in [0.5, 0.6) is 0 Å². The van der Waals surface area contributed by atoms with Crippen LogP contribution in [0.2, 0.25) is 0 Å². The van der Waals surface area contributed by atoms with Gasteiger partial charge >= 0.3 is 156 Å². The van der Waals surface area contributed by atoms with Crippen molar-refractivity contribution >= 4 is 0 Å². The number of halogens is 2. The van der Waals surface area contributed by atoms with Gasteiger partial charge in [-0.05, 0) is 0 Å². The molecule has 2 aliphatic rings. The maximum atomic E-state index is 2.38. The van der Waals surface area contributed by atoms with E-state index in [1.54, 1.807) is 22.3 Å². The summed E-state index contributed by atoms with van der Waals surface area (Å²) in [6.45, 7) is 14.2. The Labute approximate surface area is 179 Å². The third-order valence-electron chi connectivity index (χ3n) is 5.68. The van der Waals surface area contributed by atoms with Crippen LogP contribution in [0.3, 0.4) is 0 Å². The van der Waals surface area contributed by atoms with Crippen LogP contribution >= 0.6 is 0 Å². The molecule has 0 radical (unpaired) electrons. The van der Waals surface area contributed by atoms with E-state index in [0.717, 1.165) is 0 Å². The molecule has 0 saturated heterocycles. The summed E-state index contributed by atoms with van der Waals surface area (Å²) < 4.78 is 3.83. The van der Waals surface area contributed by atoms with E-state index in [0.29, 0.717) is 0 Å². The Morgan fingerprint density at radius 1 is 0.520 bits per heavy atom. The van der Waals surface area contributed by atoms with Gasteiger partial charge in [-0.15, -0.1) is 0 Å². The molecule has 0 nitrogen and oxygen atoms in total. The van der Waals surface area contributed by atoms with Gasteiger partial charge in [-0.3, -0.25) is 0 Å². The number of hydrogen-bond donors (Lipinski definition) is 0. The van der Waals surface area contributed by atoms with Crippen LogP contribution in [0.1, 0.15) is 92.9 Å². The Bertz CT molecular complexity index is 539. The Morgan fingerprint density at radius 3 is 1.08 bits per heavy atom. The zero-order valence-corrected chi connectivity index (χ0v) is 22.0. The molecule has 2 aliphatic carbocycles. The van der Waals surface area contributed by atoms with Crippen molar-refractivity contribution in [2.24, 2.45) is 0 Å². The van der Waals surface area contributed by atoms with Crippen molar-refractivity contribution < 1.29 is 47.7 Å². The van der Waals surface area contributed by atoms with Gasteiger partial charge in [-0.25, -0.2) is 0 Å². The Hall–Kier alpha value is 0.410. The van der Waals surface area contributed by atoms with Crippen molar-refractivity contribution in [1.29, 1.82) is 0 Å². The zero-order chi connectivity index (χ0) is 17.0. The van der Waals surface area contributed by atoms with Gasteiger partial charge in [0.1, 0.15) is 0 Å². The van der Waals surface area contributed by atoms with Crippen LogP contribution in [0, 0.1) is 0 Å². The van der Waals surface area contributed by atoms with E-state index in [1.807, 2.05) is 17.8 Å². The molecule has 0 fully saturated rings. The summed E-state index contributed by atoms with van der Waals surface area (Å²) in [5, 5.41) is 0. The summed E-state index contributed by atoms with van der Waals surface area (Å²) in [5.74, 6) is 0. The van der Waals surface area contributed by atoms with Gasteiger partial charge in [0.05, 0.1) is 0 Å². The number of allylic oxidation sites excluding steroid dienone is 8. The summed E-state index contributed by atoms with van der Waals surface area (Å²) in [6, 6.07) is 0. The second kappa shape index (κ2) is 12.0. The fraction of sp³-hybridized carbons (Fsp3) is 0.636. The van der Waals surface area contributed by atoms with Crippen molar-refractivity contribution in [2.75, 3.05) is 0 Å². The van der Waals surface area contributed by atoms with Gasteiger partial charge in [0, 0.05) is 0 Å². The molecule has 0 unspecified atom stereocenters. The van der Waals surface area contributed by atoms with Crippen LogP contribution < -0.4 is 24.8 Å². The minimum atomic E-state index is -0.917. The SMILES string of the molecule is CCC1=C(CC)[C]([Hf+2][C]2=C(CC)CC(CC)=C2CC)=C(CC)C1.[Cl-].[Cl-]. The third-order valence-corrected chi connectivity index (χ3v) is 12.2. The maximum Gasteiger partial charge on any atom is -1.00 e. The molecule has 0 spiro atoms. The van der Waals surface area contributed by atoms with Crippen LogP contribution in [-0.4, -0.2) is 0 Å². The van der Waals surface area contributed by atoms with Crippen LogP contribution in [0.25, 0.3) is 0 Å². The second-order valence-corrected chi connectivity index (χ2v) is 11.2. The molecule has 0 aromatic carbocycles. The molecule has 0 aromatic rings. The molecule has 0 saturated carbocycles. The maximum absolute atomic E-state index is 2.38. The van der Waals surface area contributed by atoms with Gasteiger partial charge in [-0.2, -0.15) is 0 Å². The Balaban J connectivity index is 0.00000288. The van der Waals surface area contributed by atoms with Crippen molar-refractivity contribution in [3.8, 4) is 0 Å². The Kier molecular flexibility index (Phi) is 12.2. The molecule has 0 atom stereocenters. The molecular formula is C22H34Cl2Hf. The van der Waals surface area contributed by atoms with Crippen LogP contribution in [0.4, 0.5) is 0 Å². The molecule has 25 heavy (non-hydrogen) atoms. The molecule has 3 heteroatoms. The van der Waals surface area contributed by atoms with Gasteiger partial charge in [0.25, 0.3) is 0 Å². The molecule has 0 aliphatic heterocycles. The van der Waals surface area contributed by atoms with Crippen LogP contribution in [-0.2, 0) is 22.9 Å². The first-order valence-electron chi connectivity index (χ1n) is 9.78. The fourth-order valence-electron chi connectivity index (χ4n) is 4.27. The summed E-state index contributed by atoms with van der Waals surface area (Å²) in [5.41, 5.74) is 10.7. The molecule has 0 N–H and O–H groups in total. The molecule has 0 amide bonds. The minimum absolute atomic E-state index is 0. The molecular weight excluding hydrogens is 514 g/mol. The van der Waals surface area contributed by atoms with Gasteiger partial charge in [0.2, 0.25) is 0 Å². The summed E-state index contributed by atoms with van der Waals surface area (Å²) in [4.78, 5) is 0. The van der Waals surface area contributed by atoms with Crippen molar-refractivity contribution in [1.82, 2.24) is 0 Å². The van der Waals surface area contributed by atoms with E-state index in [4.69, 9.17) is 0 Å². The molecule has 0 aromatic heterocycles. The largest absolute Gasteiger partial charge is 1.00 e. The van der Waals surface area contributed by atoms with E-state index in [9.17, 15) is 0 Å². The van der Waals surface area contributed by atoms with E-state index in [1.165, 1.54) is 51.4 Å². The molecule has 0 heterocycles. The number of rotatable bonds is 8. The van der Waals surface area contributed by atoms with E-state index in [2.05, 4.69) is 41.5 Å². The van der Waals surface area contributed by atoms with Crippen LogP contribution in [0.15, 0.2) is 40.1 Å². The monoisotopic (exact) mass is 548 g/mol. The van der Waals surface area contributed by atoms with Crippen molar-refractivity contribution in [2.45, 2.75) is 92.9 Å². The zero-order valence-electron chi connectivity index (χ0n) is 16.9. The average molecular weight is 548 g/mol. The molecule has 0 bridgehead atoms. The fourth-order valence-corrected chi connectivity index (χ4v) is 12.0. The molecule has 2 rings (SSSR count). The molecule has 140 valence electrons. The van der Waals surface area contributed by atoms with Gasteiger partial charge < -0.3 is 24.8 Å². The predicted molar refractivity (Wildman–Crippen MR) is 99.1 cm³/mol. The third kappa shape index (κ3) is 5.23. The van der Waals surface area contributed by atoms with Gasteiger partial charge in [0.15, 0.2) is 0 Å². The summed E-state index contributed by atoms with van der Waals surface area (Å²) in [7, 11) is 0. The first-order chi connectivity index (χ1) is 11.1. The quantitative estimate of drug-likeness (QED) is 0.404. The van der Waals surface area contributed by atoms with Crippen molar-refractivity contribution in [3.63, 3.8) is 0 Å². The minimum Gasteiger partial charge on any atom is -1.00 e. The average Bonchev–Trinajstić information content (AvgIpc) is 3.11. The number of hydrogen-bond acceptors (Lipinski definition) is 0. The first-order valence-corrected chi connectivity index (χ1v) is 13.4. The standard InChI is InChI=1S/2C11H17.2ClH.Hf/c2*1-4-9-7-10(5-2)11(6-3)8-9;;;/h2*4-7H2,1-3H3;2*1H;/q;;;;+2/p-2. The van der Waals surface area contributed by atoms with E-state index < -0.39 is 22.9 Å². The normalized spacial score (nSPS) is 17.2.